The van der Waals surface area contributed by atoms with Crippen molar-refractivity contribution in [3.63, 3.8) is 0 Å². The lowest BCUT2D eigenvalue weighted by molar-refractivity contribution is -0.136. The highest BCUT2D eigenvalue weighted by Crippen LogP contribution is 2.20. The average Bonchev–Trinajstić information content (AvgIpc) is 2.70. The zero-order valence-corrected chi connectivity index (χ0v) is 16.7. The number of esters is 2. The fraction of sp³-hybridized carbons (Fsp3) is 0.261. The summed E-state index contributed by atoms with van der Waals surface area (Å²) >= 11 is 0. The van der Waals surface area contributed by atoms with E-state index in [4.69, 9.17) is 14.7 Å². The van der Waals surface area contributed by atoms with Crippen LogP contribution in [0.4, 0.5) is 0 Å². The molecule has 0 aliphatic carbocycles. The van der Waals surface area contributed by atoms with Crippen molar-refractivity contribution in [3.05, 3.63) is 64.7 Å². The van der Waals surface area contributed by atoms with Crippen molar-refractivity contribution in [3.8, 4) is 17.6 Å². The Balaban J connectivity index is 1.87. The molecule has 0 unspecified atom stereocenters. The molecular formula is C23H23NO5. The molecule has 0 saturated carbocycles. The number of aryl methyl sites for hydroxylation is 2. The maximum Gasteiger partial charge on any atom is 0.348 e. The summed E-state index contributed by atoms with van der Waals surface area (Å²) in [5.41, 5.74) is 2.64. The molecule has 0 N–H and O–H groups in total. The number of hydrogen-bond acceptors (Lipinski definition) is 6. The molecule has 6 nitrogen and oxygen atoms in total. The van der Waals surface area contributed by atoms with Crippen LogP contribution in [0.2, 0.25) is 0 Å². The smallest absolute Gasteiger partial charge is 0.348 e. The molecule has 0 fully saturated rings. The average molecular weight is 393 g/mol. The molecular weight excluding hydrogens is 370 g/mol. The molecule has 2 aromatic rings. The highest BCUT2D eigenvalue weighted by atomic mass is 16.5. The van der Waals surface area contributed by atoms with Crippen molar-refractivity contribution in [2.45, 2.75) is 26.7 Å². The number of carbonyl (C=O) groups is 2. The van der Waals surface area contributed by atoms with Gasteiger partial charge in [0.2, 0.25) is 0 Å². The zero-order chi connectivity index (χ0) is 21.2. The van der Waals surface area contributed by atoms with Gasteiger partial charge in [-0.3, -0.25) is 4.79 Å². The Morgan fingerprint density at radius 3 is 2.62 bits per heavy atom. The molecule has 0 aliphatic heterocycles. The van der Waals surface area contributed by atoms with E-state index in [2.05, 4.69) is 4.74 Å². The molecule has 0 radical (unpaired) electrons. The van der Waals surface area contributed by atoms with E-state index in [1.807, 2.05) is 32.0 Å². The lowest BCUT2D eigenvalue weighted by Crippen LogP contribution is -2.10. The van der Waals surface area contributed by atoms with Gasteiger partial charge in [0, 0.05) is 6.42 Å². The lowest BCUT2D eigenvalue weighted by Gasteiger charge is -2.10. The monoisotopic (exact) mass is 393 g/mol. The quantitative estimate of drug-likeness (QED) is 0.220. The Morgan fingerprint density at radius 2 is 1.93 bits per heavy atom. The van der Waals surface area contributed by atoms with Crippen LogP contribution < -0.4 is 9.47 Å². The molecule has 0 spiro atoms. The Morgan fingerprint density at radius 1 is 1.14 bits per heavy atom. The van der Waals surface area contributed by atoms with Gasteiger partial charge in [-0.2, -0.15) is 5.26 Å². The molecule has 6 heteroatoms. The van der Waals surface area contributed by atoms with Gasteiger partial charge < -0.3 is 14.2 Å². The third-order valence-corrected chi connectivity index (χ3v) is 4.04. The molecule has 29 heavy (non-hydrogen) atoms. The number of nitriles is 1. The predicted octanol–water partition coefficient (Wildman–Crippen LogP) is 4.15. The molecule has 0 saturated heterocycles. The predicted molar refractivity (Wildman–Crippen MR) is 108 cm³/mol. The first-order chi connectivity index (χ1) is 13.9. The van der Waals surface area contributed by atoms with Gasteiger partial charge in [-0.25, -0.2) is 4.79 Å². The first-order valence-electron chi connectivity index (χ1n) is 9.14. The summed E-state index contributed by atoms with van der Waals surface area (Å²) in [4.78, 5) is 23.5. The van der Waals surface area contributed by atoms with Crippen molar-refractivity contribution < 1.29 is 23.8 Å². The van der Waals surface area contributed by atoms with Crippen molar-refractivity contribution >= 4 is 18.0 Å². The fourth-order valence-corrected chi connectivity index (χ4v) is 2.62. The first kappa shape index (κ1) is 21.7. The fourth-order valence-electron chi connectivity index (χ4n) is 2.62. The number of ether oxygens (including phenoxy) is 3. The Bertz CT molecular complexity index is 956. The van der Waals surface area contributed by atoms with Gasteiger partial charge in [0.1, 0.15) is 23.1 Å². The highest BCUT2D eigenvalue weighted by Gasteiger charge is 2.10. The first-order valence-corrected chi connectivity index (χ1v) is 9.14. The second-order valence-corrected chi connectivity index (χ2v) is 6.43. The Labute approximate surface area is 170 Å². The summed E-state index contributed by atoms with van der Waals surface area (Å²) in [6.45, 7) is 4.41. The van der Waals surface area contributed by atoms with E-state index in [9.17, 15) is 9.59 Å². The molecule has 0 atom stereocenters. The van der Waals surface area contributed by atoms with E-state index in [1.165, 1.54) is 18.7 Å². The van der Waals surface area contributed by atoms with Gasteiger partial charge in [-0.15, -0.1) is 0 Å². The van der Waals surface area contributed by atoms with Gasteiger partial charge >= 0.3 is 11.9 Å². The van der Waals surface area contributed by atoms with Crippen LogP contribution in [-0.2, 0) is 14.3 Å². The van der Waals surface area contributed by atoms with Crippen LogP contribution in [0.15, 0.2) is 48.0 Å². The van der Waals surface area contributed by atoms with Crippen LogP contribution in [0.1, 0.15) is 29.5 Å². The van der Waals surface area contributed by atoms with E-state index in [1.54, 1.807) is 30.3 Å². The second kappa shape index (κ2) is 10.7. The summed E-state index contributed by atoms with van der Waals surface area (Å²) in [6, 6.07) is 14.3. The second-order valence-electron chi connectivity index (χ2n) is 6.43. The standard InChI is InChI=1S/C23H23NO5/c1-16-9-10-21(17(2)12-16)28-11-5-8-22(25)29-20-7-4-6-18(14-20)13-19(15-24)23(26)27-3/h4,6-7,9-10,12-14H,5,8,11H2,1-3H3/b19-13+. The van der Waals surface area contributed by atoms with Crippen LogP contribution in [0.5, 0.6) is 11.5 Å². The normalized spacial score (nSPS) is 10.8. The number of benzene rings is 2. The number of hydrogen-bond donors (Lipinski definition) is 0. The molecule has 0 heterocycles. The van der Waals surface area contributed by atoms with Gasteiger partial charge in [0.25, 0.3) is 0 Å². The van der Waals surface area contributed by atoms with E-state index in [-0.39, 0.29) is 18.0 Å². The number of carbonyl (C=O) groups excluding carboxylic acids is 2. The van der Waals surface area contributed by atoms with Crippen molar-refractivity contribution in [2.75, 3.05) is 13.7 Å². The van der Waals surface area contributed by atoms with Crippen LogP contribution in [-0.4, -0.2) is 25.7 Å². The van der Waals surface area contributed by atoms with Gasteiger partial charge in [-0.1, -0.05) is 29.8 Å². The minimum Gasteiger partial charge on any atom is -0.493 e. The van der Waals surface area contributed by atoms with Crippen molar-refractivity contribution in [1.29, 1.82) is 5.26 Å². The Kier molecular flexibility index (Phi) is 7.99. The Hall–Kier alpha value is -3.59. The van der Waals surface area contributed by atoms with E-state index in [0.29, 0.717) is 24.3 Å². The number of rotatable bonds is 8. The van der Waals surface area contributed by atoms with Gasteiger partial charge in [0.15, 0.2) is 0 Å². The highest BCUT2D eigenvalue weighted by molar-refractivity contribution is 5.97. The van der Waals surface area contributed by atoms with E-state index in [0.717, 1.165) is 11.3 Å². The van der Waals surface area contributed by atoms with Gasteiger partial charge in [-0.05, 0) is 55.7 Å². The summed E-state index contributed by atoms with van der Waals surface area (Å²) in [6.07, 6.45) is 2.10. The van der Waals surface area contributed by atoms with Crippen LogP contribution in [0.3, 0.4) is 0 Å². The summed E-state index contributed by atoms with van der Waals surface area (Å²) < 4.78 is 15.6. The third kappa shape index (κ3) is 6.82. The molecule has 150 valence electrons. The summed E-state index contributed by atoms with van der Waals surface area (Å²) in [5, 5.41) is 9.02. The largest absolute Gasteiger partial charge is 0.493 e. The van der Waals surface area contributed by atoms with Crippen LogP contribution >= 0.6 is 0 Å². The van der Waals surface area contributed by atoms with Crippen molar-refractivity contribution in [1.82, 2.24) is 0 Å². The topological polar surface area (TPSA) is 85.6 Å². The SMILES string of the molecule is COC(=O)/C(C#N)=C/c1cccc(OC(=O)CCCOc2ccc(C)cc2C)c1. The minimum atomic E-state index is -0.723. The van der Waals surface area contributed by atoms with Crippen LogP contribution in [0.25, 0.3) is 6.08 Å². The molecule has 0 amide bonds. The summed E-state index contributed by atoms with van der Waals surface area (Å²) in [5.74, 6) is 0.0334. The third-order valence-electron chi connectivity index (χ3n) is 4.04. The molecule has 2 rings (SSSR count). The van der Waals surface area contributed by atoms with E-state index < -0.39 is 5.97 Å². The maximum atomic E-state index is 12.1. The lowest BCUT2D eigenvalue weighted by atomic mass is 10.1. The van der Waals surface area contributed by atoms with E-state index >= 15 is 0 Å². The van der Waals surface area contributed by atoms with Crippen LogP contribution in [0, 0.1) is 25.2 Å². The number of methoxy groups -OCH3 is 1. The summed E-state index contributed by atoms with van der Waals surface area (Å²) in [7, 11) is 1.20. The molecule has 0 aromatic heterocycles. The molecule has 2 aromatic carbocycles. The maximum absolute atomic E-state index is 12.1. The number of nitrogens with zero attached hydrogens (tertiary/aromatic N) is 1. The minimum absolute atomic E-state index is 0.139. The molecule has 0 aliphatic rings. The van der Waals surface area contributed by atoms with Gasteiger partial charge in [0.05, 0.1) is 13.7 Å². The molecule has 0 bridgehead atoms. The van der Waals surface area contributed by atoms with Crippen molar-refractivity contribution in [2.24, 2.45) is 0 Å². The zero-order valence-electron chi connectivity index (χ0n) is 16.7.